The van der Waals surface area contributed by atoms with Crippen LogP contribution in [0.2, 0.25) is 5.02 Å². The molecule has 0 spiro atoms. The molecule has 1 amide bonds. The molecule has 1 heterocycles. The number of carbonyl (C=O) groups is 2. The van der Waals surface area contributed by atoms with Gasteiger partial charge in [0, 0.05) is 17.1 Å². The zero-order valence-electron chi connectivity index (χ0n) is 13.8. The Morgan fingerprint density at radius 3 is 2.77 bits per heavy atom. The maximum absolute atomic E-state index is 12.3. The molecular formula is C19H14ClIN2O3. The van der Waals surface area contributed by atoms with E-state index in [-0.39, 0.29) is 18.3 Å². The van der Waals surface area contributed by atoms with E-state index in [0.29, 0.717) is 27.5 Å². The minimum atomic E-state index is -0.367. The highest BCUT2D eigenvalue weighted by molar-refractivity contribution is 14.1. The number of benzene rings is 2. The number of nitrogens with zero attached hydrogens (tertiary/aromatic N) is 1. The van der Waals surface area contributed by atoms with Crippen molar-refractivity contribution in [3.63, 3.8) is 0 Å². The first-order valence-electron chi connectivity index (χ1n) is 7.72. The summed E-state index contributed by atoms with van der Waals surface area (Å²) in [5.41, 5.74) is 1.51. The van der Waals surface area contributed by atoms with Crippen LogP contribution in [0.25, 0.3) is 10.9 Å². The molecule has 5 nitrogen and oxygen atoms in total. The molecule has 7 heteroatoms. The summed E-state index contributed by atoms with van der Waals surface area (Å²) in [6.07, 6.45) is 1.64. The van der Waals surface area contributed by atoms with Crippen molar-refractivity contribution in [2.75, 3.05) is 11.9 Å². The van der Waals surface area contributed by atoms with Crippen LogP contribution in [0.15, 0.2) is 48.7 Å². The summed E-state index contributed by atoms with van der Waals surface area (Å²) in [7, 11) is 0. The Hall–Kier alpha value is -2.19. The van der Waals surface area contributed by atoms with Crippen LogP contribution in [-0.4, -0.2) is 23.3 Å². The number of nitrogens with one attached hydrogen (secondary N) is 1. The van der Waals surface area contributed by atoms with Crippen molar-refractivity contribution in [2.45, 2.75) is 6.92 Å². The zero-order chi connectivity index (χ0) is 18.7. The van der Waals surface area contributed by atoms with Gasteiger partial charge in [0.25, 0.3) is 5.91 Å². The Balaban J connectivity index is 1.79. The van der Waals surface area contributed by atoms with Crippen molar-refractivity contribution in [3.05, 3.63) is 62.8 Å². The van der Waals surface area contributed by atoms with Crippen molar-refractivity contribution >= 4 is 62.5 Å². The molecular weight excluding hydrogens is 467 g/mol. The molecule has 0 bridgehead atoms. The van der Waals surface area contributed by atoms with Gasteiger partial charge < -0.3 is 10.1 Å². The van der Waals surface area contributed by atoms with Crippen molar-refractivity contribution in [1.29, 1.82) is 0 Å². The molecule has 3 aromatic rings. The van der Waals surface area contributed by atoms with Gasteiger partial charge in [-0.25, -0.2) is 0 Å². The number of amides is 1. The monoisotopic (exact) mass is 480 g/mol. The molecule has 26 heavy (non-hydrogen) atoms. The number of rotatable bonds is 5. The predicted molar refractivity (Wildman–Crippen MR) is 110 cm³/mol. The fraction of sp³-hybridized carbons (Fsp3) is 0.105. The molecule has 2 aromatic carbocycles. The first kappa shape index (κ1) is 18.6. The highest BCUT2D eigenvalue weighted by Crippen LogP contribution is 2.34. The summed E-state index contributed by atoms with van der Waals surface area (Å²) in [5, 5.41) is 4.04. The van der Waals surface area contributed by atoms with Crippen LogP contribution >= 0.6 is 34.2 Å². The number of aromatic nitrogens is 1. The van der Waals surface area contributed by atoms with E-state index >= 15 is 0 Å². The zero-order valence-corrected chi connectivity index (χ0v) is 16.7. The Kier molecular flexibility index (Phi) is 5.73. The number of ether oxygens (including phenoxy) is 1. The largest absolute Gasteiger partial charge is 0.480 e. The number of ketones is 1. The maximum atomic E-state index is 12.3. The molecule has 0 aliphatic carbocycles. The number of pyridine rings is 1. The van der Waals surface area contributed by atoms with Crippen molar-refractivity contribution in [2.24, 2.45) is 0 Å². The maximum Gasteiger partial charge on any atom is 0.262 e. The van der Waals surface area contributed by atoms with E-state index in [4.69, 9.17) is 16.3 Å². The van der Waals surface area contributed by atoms with Gasteiger partial charge in [0.15, 0.2) is 18.1 Å². The molecule has 0 unspecified atom stereocenters. The fourth-order valence-corrected chi connectivity index (χ4v) is 3.68. The third-order valence-electron chi connectivity index (χ3n) is 3.68. The van der Waals surface area contributed by atoms with Gasteiger partial charge in [-0.1, -0.05) is 23.7 Å². The summed E-state index contributed by atoms with van der Waals surface area (Å²) in [6.45, 7) is 1.24. The first-order chi connectivity index (χ1) is 12.5. The van der Waals surface area contributed by atoms with E-state index in [9.17, 15) is 9.59 Å². The van der Waals surface area contributed by atoms with Crippen molar-refractivity contribution in [1.82, 2.24) is 4.98 Å². The van der Waals surface area contributed by atoms with E-state index in [1.165, 1.54) is 6.92 Å². The number of hydrogen-bond acceptors (Lipinski definition) is 4. The summed E-state index contributed by atoms with van der Waals surface area (Å²) in [6, 6.07) is 12.2. The molecule has 0 atom stereocenters. The summed E-state index contributed by atoms with van der Waals surface area (Å²) in [5.74, 6) is 0.0124. The lowest BCUT2D eigenvalue weighted by Gasteiger charge is -2.13. The Labute approximate surface area is 168 Å². The lowest BCUT2D eigenvalue weighted by atomic mass is 10.1. The van der Waals surface area contributed by atoms with Crippen LogP contribution in [0.3, 0.4) is 0 Å². The van der Waals surface area contributed by atoms with Gasteiger partial charge in [0.2, 0.25) is 0 Å². The molecule has 0 aliphatic rings. The van der Waals surface area contributed by atoms with Crippen LogP contribution in [0.5, 0.6) is 5.75 Å². The normalized spacial score (nSPS) is 10.6. The molecule has 1 N–H and O–H groups in total. The fourth-order valence-electron chi connectivity index (χ4n) is 2.51. The third-order valence-corrected chi connectivity index (χ3v) is 4.79. The highest BCUT2D eigenvalue weighted by Gasteiger charge is 2.15. The Morgan fingerprint density at radius 2 is 2.00 bits per heavy atom. The van der Waals surface area contributed by atoms with Gasteiger partial charge >= 0.3 is 0 Å². The van der Waals surface area contributed by atoms with Gasteiger partial charge in [0.1, 0.15) is 5.52 Å². The number of halogens is 2. The quantitative estimate of drug-likeness (QED) is 0.424. The van der Waals surface area contributed by atoms with E-state index in [1.54, 1.807) is 42.6 Å². The molecule has 1 aromatic heterocycles. The average molecular weight is 481 g/mol. The average Bonchev–Trinajstić information content (AvgIpc) is 2.62. The number of anilines is 1. The molecule has 132 valence electrons. The predicted octanol–water partition coefficient (Wildman–Crippen LogP) is 4.71. The summed E-state index contributed by atoms with van der Waals surface area (Å²) >= 11 is 8.33. The van der Waals surface area contributed by atoms with Gasteiger partial charge in [-0.05, 0) is 59.8 Å². The molecule has 0 radical (unpaired) electrons. The van der Waals surface area contributed by atoms with Gasteiger partial charge in [0.05, 0.1) is 14.3 Å². The second-order valence-electron chi connectivity index (χ2n) is 5.51. The molecule has 0 aliphatic heterocycles. The highest BCUT2D eigenvalue weighted by atomic mass is 127. The van der Waals surface area contributed by atoms with E-state index < -0.39 is 0 Å². The SMILES string of the molecule is CC(=O)c1ccccc1NC(=O)COc1c(I)cc(Cl)c2cccnc12. The minimum absolute atomic E-state index is 0.121. The minimum Gasteiger partial charge on any atom is -0.480 e. The Bertz CT molecular complexity index is 1010. The molecule has 3 rings (SSSR count). The number of hydrogen-bond donors (Lipinski definition) is 1. The molecule has 0 saturated heterocycles. The summed E-state index contributed by atoms with van der Waals surface area (Å²) in [4.78, 5) is 28.2. The first-order valence-corrected chi connectivity index (χ1v) is 9.18. The van der Waals surface area contributed by atoms with Gasteiger partial charge in [-0.3, -0.25) is 14.6 Å². The van der Waals surface area contributed by atoms with Crippen molar-refractivity contribution in [3.8, 4) is 5.75 Å². The van der Waals surface area contributed by atoms with Crippen LogP contribution in [0.4, 0.5) is 5.69 Å². The Morgan fingerprint density at radius 1 is 1.23 bits per heavy atom. The number of para-hydroxylation sites is 1. The molecule has 0 fully saturated rings. The van der Waals surface area contributed by atoms with Crippen LogP contribution in [0, 0.1) is 3.57 Å². The van der Waals surface area contributed by atoms with Crippen LogP contribution < -0.4 is 10.1 Å². The number of Topliss-reactive ketones (excluding diaryl/α,β-unsaturated/α-hetero) is 1. The van der Waals surface area contributed by atoms with Crippen molar-refractivity contribution < 1.29 is 14.3 Å². The lowest BCUT2D eigenvalue weighted by Crippen LogP contribution is -2.21. The standard InChI is InChI=1S/C19H14ClIN2O3/c1-11(24)12-5-2-3-7-16(12)23-17(25)10-26-19-15(21)9-14(20)13-6-4-8-22-18(13)19/h2-9H,10H2,1H3,(H,23,25). The van der Waals surface area contributed by atoms with E-state index in [2.05, 4.69) is 32.9 Å². The topological polar surface area (TPSA) is 68.3 Å². The second-order valence-corrected chi connectivity index (χ2v) is 7.08. The second kappa shape index (κ2) is 8.01. The molecule has 0 saturated carbocycles. The third kappa shape index (κ3) is 3.96. The van der Waals surface area contributed by atoms with E-state index in [1.807, 2.05) is 6.07 Å². The van der Waals surface area contributed by atoms with Gasteiger partial charge in [-0.2, -0.15) is 0 Å². The van der Waals surface area contributed by atoms with E-state index in [0.717, 1.165) is 8.96 Å². The number of carbonyl (C=O) groups excluding carboxylic acids is 2. The summed E-state index contributed by atoms with van der Waals surface area (Å²) < 4.78 is 6.47. The van der Waals surface area contributed by atoms with Gasteiger partial charge in [-0.15, -0.1) is 0 Å². The van der Waals surface area contributed by atoms with Crippen LogP contribution in [0.1, 0.15) is 17.3 Å². The smallest absolute Gasteiger partial charge is 0.262 e. The van der Waals surface area contributed by atoms with Crippen LogP contribution in [-0.2, 0) is 4.79 Å². The number of fused-ring (bicyclic) bond motifs is 1. The lowest BCUT2D eigenvalue weighted by molar-refractivity contribution is -0.118.